The van der Waals surface area contributed by atoms with Gasteiger partial charge in [-0.15, -0.1) is 0 Å². The highest BCUT2D eigenvalue weighted by Gasteiger charge is 2.27. The summed E-state index contributed by atoms with van der Waals surface area (Å²) in [4.78, 5) is 12.9. The molecule has 10 heteroatoms. The Morgan fingerprint density at radius 3 is 2.27 bits per heavy atom. The summed E-state index contributed by atoms with van der Waals surface area (Å²) in [5, 5.41) is 3.70. The third kappa shape index (κ3) is 6.40. The van der Waals surface area contributed by atoms with Crippen molar-refractivity contribution < 1.29 is 17.9 Å². The molecule has 0 saturated carbocycles. The molecule has 6 nitrogen and oxygen atoms in total. The van der Waals surface area contributed by atoms with E-state index in [9.17, 15) is 13.2 Å². The molecule has 3 aromatic rings. The fourth-order valence-corrected chi connectivity index (χ4v) is 5.13. The highest BCUT2D eigenvalue weighted by molar-refractivity contribution is 7.89. The summed E-state index contributed by atoms with van der Waals surface area (Å²) in [6.45, 7) is 1.29. The zero-order valence-corrected chi connectivity index (χ0v) is 20.9. The summed E-state index contributed by atoms with van der Waals surface area (Å²) < 4.78 is 32.9. The van der Waals surface area contributed by atoms with Gasteiger partial charge in [0.05, 0.1) is 23.6 Å². The first-order valence-electron chi connectivity index (χ1n) is 9.74. The lowest BCUT2D eigenvalue weighted by atomic mass is 10.2. The Bertz CT molecular complexity index is 1270. The number of carbonyl (C=O) groups is 1. The van der Waals surface area contributed by atoms with Gasteiger partial charge in [-0.3, -0.25) is 4.79 Å². The summed E-state index contributed by atoms with van der Waals surface area (Å²) in [6.07, 6.45) is 0. The largest absolute Gasteiger partial charge is 0.495 e. The van der Waals surface area contributed by atoms with Crippen LogP contribution in [0.25, 0.3) is 0 Å². The Kier molecular flexibility index (Phi) is 8.26. The summed E-state index contributed by atoms with van der Waals surface area (Å²) >= 11 is 18.3. The number of sulfonamides is 1. The lowest BCUT2D eigenvalue weighted by molar-refractivity contribution is -0.116. The molecule has 0 atom stereocenters. The van der Waals surface area contributed by atoms with Crippen LogP contribution in [-0.2, 0) is 21.4 Å². The van der Waals surface area contributed by atoms with Crippen LogP contribution in [0.3, 0.4) is 0 Å². The Morgan fingerprint density at radius 1 is 0.970 bits per heavy atom. The van der Waals surface area contributed by atoms with Crippen LogP contribution in [0.4, 0.5) is 5.69 Å². The molecule has 0 aliphatic carbocycles. The molecule has 0 spiro atoms. The molecule has 1 N–H and O–H groups in total. The second-order valence-electron chi connectivity index (χ2n) is 7.22. The van der Waals surface area contributed by atoms with Gasteiger partial charge in [0, 0.05) is 22.3 Å². The van der Waals surface area contributed by atoms with Crippen molar-refractivity contribution in [2.75, 3.05) is 19.0 Å². The van der Waals surface area contributed by atoms with Crippen molar-refractivity contribution in [2.24, 2.45) is 0 Å². The van der Waals surface area contributed by atoms with E-state index in [1.807, 2.05) is 6.92 Å². The van der Waals surface area contributed by atoms with Gasteiger partial charge >= 0.3 is 0 Å². The average Bonchev–Trinajstić information content (AvgIpc) is 2.75. The van der Waals surface area contributed by atoms with Crippen LogP contribution in [0.5, 0.6) is 5.75 Å². The molecule has 0 aliphatic heterocycles. The van der Waals surface area contributed by atoms with E-state index in [1.165, 1.54) is 31.4 Å². The molecule has 33 heavy (non-hydrogen) atoms. The van der Waals surface area contributed by atoms with Gasteiger partial charge in [0.2, 0.25) is 15.9 Å². The van der Waals surface area contributed by atoms with Gasteiger partial charge in [0.25, 0.3) is 0 Å². The highest BCUT2D eigenvalue weighted by atomic mass is 35.5. The Hall–Kier alpha value is -2.29. The van der Waals surface area contributed by atoms with Crippen molar-refractivity contribution in [2.45, 2.75) is 18.4 Å². The van der Waals surface area contributed by atoms with Crippen molar-refractivity contribution in [1.82, 2.24) is 4.31 Å². The molecule has 0 aliphatic rings. The van der Waals surface area contributed by atoms with Gasteiger partial charge in [-0.2, -0.15) is 4.31 Å². The van der Waals surface area contributed by atoms with Crippen molar-refractivity contribution in [3.05, 3.63) is 86.9 Å². The molecule has 0 saturated heterocycles. The number of hydrogen-bond donors (Lipinski definition) is 1. The van der Waals surface area contributed by atoms with Crippen LogP contribution >= 0.6 is 34.8 Å². The zero-order valence-electron chi connectivity index (χ0n) is 17.8. The third-order valence-corrected chi connectivity index (χ3v) is 7.46. The number of anilines is 1. The maximum absolute atomic E-state index is 13.4. The number of carbonyl (C=O) groups excluding carboxylic acids is 1. The Labute approximate surface area is 208 Å². The van der Waals surface area contributed by atoms with E-state index in [1.54, 1.807) is 36.4 Å². The second kappa shape index (κ2) is 10.8. The molecule has 0 unspecified atom stereocenters. The first-order valence-corrected chi connectivity index (χ1v) is 12.3. The van der Waals surface area contributed by atoms with Gasteiger partial charge in [-0.25, -0.2) is 8.42 Å². The summed E-state index contributed by atoms with van der Waals surface area (Å²) in [5.74, 6) is -0.0902. The zero-order chi connectivity index (χ0) is 24.2. The SMILES string of the molecule is COc1ccc(NC(=O)CN(Cc2ccc(Cl)cc2Cl)S(=O)(=O)c2ccc(C)cc2)cc1Cl. The number of ether oxygens (including phenoxy) is 1. The fraction of sp³-hybridized carbons (Fsp3) is 0.174. The summed E-state index contributed by atoms with van der Waals surface area (Å²) in [7, 11) is -2.53. The van der Waals surface area contributed by atoms with Gasteiger partial charge in [0.1, 0.15) is 5.75 Å². The van der Waals surface area contributed by atoms with E-state index in [0.29, 0.717) is 32.1 Å². The van der Waals surface area contributed by atoms with Crippen molar-refractivity contribution in [3.8, 4) is 5.75 Å². The van der Waals surface area contributed by atoms with Gasteiger partial charge < -0.3 is 10.1 Å². The normalized spacial score (nSPS) is 11.5. The smallest absolute Gasteiger partial charge is 0.243 e. The number of hydrogen-bond acceptors (Lipinski definition) is 4. The maximum atomic E-state index is 13.4. The molecule has 0 heterocycles. The first-order chi connectivity index (χ1) is 15.6. The quantitative estimate of drug-likeness (QED) is 0.402. The third-order valence-electron chi connectivity index (χ3n) is 4.78. The van der Waals surface area contributed by atoms with Crippen LogP contribution in [0.2, 0.25) is 15.1 Å². The molecular formula is C23H21Cl3N2O4S. The van der Waals surface area contributed by atoms with Crippen LogP contribution in [0.15, 0.2) is 65.6 Å². The molecule has 0 fully saturated rings. The fourth-order valence-electron chi connectivity index (χ4n) is 3.03. The molecule has 0 radical (unpaired) electrons. The lowest BCUT2D eigenvalue weighted by Gasteiger charge is -2.23. The molecule has 0 bridgehead atoms. The van der Waals surface area contributed by atoms with Crippen molar-refractivity contribution >= 4 is 56.4 Å². The number of benzene rings is 3. The van der Waals surface area contributed by atoms with E-state index in [0.717, 1.165) is 9.87 Å². The number of rotatable bonds is 8. The predicted molar refractivity (Wildman–Crippen MR) is 132 cm³/mol. The van der Waals surface area contributed by atoms with E-state index < -0.39 is 22.5 Å². The maximum Gasteiger partial charge on any atom is 0.243 e. The highest BCUT2D eigenvalue weighted by Crippen LogP contribution is 2.28. The second-order valence-corrected chi connectivity index (χ2v) is 10.4. The average molecular weight is 528 g/mol. The van der Waals surface area contributed by atoms with E-state index in [2.05, 4.69) is 5.32 Å². The number of nitrogens with one attached hydrogen (secondary N) is 1. The van der Waals surface area contributed by atoms with Gasteiger partial charge in [-0.1, -0.05) is 58.6 Å². The predicted octanol–water partition coefficient (Wildman–Crippen LogP) is 5.79. The standard InChI is InChI=1S/C23H21Cl3N2O4S/c1-15-3-8-19(9-4-15)33(30,31)28(13-16-5-6-17(24)11-20(16)25)14-23(29)27-18-7-10-22(32-2)21(26)12-18/h3-12H,13-14H2,1-2H3,(H,27,29). The molecule has 3 rings (SSSR count). The van der Waals surface area contributed by atoms with Crippen LogP contribution in [0.1, 0.15) is 11.1 Å². The minimum absolute atomic E-state index is 0.0680. The molecule has 3 aromatic carbocycles. The van der Waals surface area contributed by atoms with E-state index in [-0.39, 0.29) is 11.4 Å². The van der Waals surface area contributed by atoms with Crippen LogP contribution in [0, 0.1) is 6.92 Å². The number of amides is 1. The van der Waals surface area contributed by atoms with E-state index >= 15 is 0 Å². The molecule has 1 amide bonds. The number of methoxy groups -OCH3 is 1. The van der Waals surface area contributed by atoms with E-state index in [4.69, 9.17) is 39.5 Å². The lowest BCUT2D eigenvalue weighted by Crippen LogP contribution is -2.37. The summed E-state index contributed by atoms with van der Waals surface area (Å²) in [5.41, 5.74) is 1.83. The Balaban J connectivity index is 1.89. The van der Waals surface area contributed by atoms with Crippen LogP contribution < -0.4 is 10.1 Å². The minimum Gasteiger partial charge on any atom is -0.495 e. The monoisotopic (exact) mass is 526 g/mol. The number of nitrogens with zero attached hydrogens (tertiary/aromatic N) is 1. The van der Waals surface area contributed by atoms with Crippen molar-refractivity contribution in [1.29, 1.82) is 0 Å². The Morgan fingerprint density at radius 2 is 1.67 bits per heavy atom. The molecule has 174 valence electrons. The van der Waals surface area contributed by atoms with Crippen LogP contribution in [-0.4, -0.2) is 32.3 Å². The number of aryl methyl sites for hydroxylation is 1. The molecular weight excluding hydrogens is 507 g/mol. The van der Waals surface area contributed by atoms with Crippen molar-refractivity contribution in [3.63, 3.8) is 0 Å². The van der Waals surface area contributed by atoms with Gasteiger partial charge in [-0.05, 0) is 55.0 Å². The first kappa shape index (κ1) is 25.3. The van der Waals surface area contributed by atoms with Gasteiger partial charge in [0.15, 0.2) is 0 Å². The minimum atomic E-state index is -4.01. The summed E-state index contributed by atoms with van der Waals surface area (Å²) in [6, 6.07) is 15.9. The molecule has 0 aromatic heterocycles. The topological polar surface area (TPSA) is 75.7 Å². The number of halogens is 3.